The minimum absolute atomic E-state index is 0.277. The van der Waals surface area contributed by atoms with E-state index in [-0.39, 0.29) is 5.92 Å². The summed E-state index contributed by atoms with van der Waals surface area (Å²) in [6, 6.07) is 0. The maximum absolute atomic E-state index is 11.3. The average molecular weight is 196 g/mol. The van der Waals surface area contributed by atoms with E-state index >= 15 is 0 Å². The van der Waals surface area contributed by atoms with Crippen LogP contribution in [0.5, 0.6) is 0 Å². The molecule has 0 aliphatic rings. The van der Waals surface area contributed by atoms with Gasteiger partial charge in [-0.25, -0.2) is 0 Å². The first kappa shape index (κ1) is 13.4. The second kappa shape index (κ2) is 7.78. The van der Waals surface area contributed by atoms with E-state index in [1.54, 1.807) is 6.92 Å². The predicted octanol–water partition coefficient (Wildman–Crippen LogP) is 3.98. The maximum atomic E-state index is 11.3. The van der Waals surface area contributed by atoms with Gasteiger partial charge in [0.05, 0.1) is 0 Å². The number of carbonyl (C=O) groups excluding carboxylic acids is 1. The molecule has 0 fully saturated rings. The van der Waals surface area contributed by atoms with E-state index in [4.69, 9.17) is 0 Å². The summed E-state index contributed by atoms with van der Waals surface area (Å²) >= 11 is 0. The summed E-state index contributed by atoms with van der Waals surface area (Å²) < 4.78 is 0. The van der Waals surface area contributed by atoms with Crippen LogP contribution in [-0.4, -0.2) is 5.78 Å². The van der Waals surface area contributed by atoms with Gasteiger partial charge in [0, 0.05) is 5.92 Å². The Morgan fingerprint density at radius 1 is 1.29 bits per heavy atom. The highest BCUT2D eigenvalue weighted by Crippen LogP contribution is 2.19. The zero-order valence-corrected chi connectivity index (χ0v) is 9.88. The van der Waals surface area contributed by atoms with E-state index < -0.39 is 0 Å². The minimum Gasteiger partial charge on any atom is -0.300 e. The summed E-state index contributed by atoms with van der Waals surface area (Å²) in [4.78, 5) is 11.3. The minimum atomic E-state index is 0.277. The number of Topliss-reactive ketones (excluding diaryl/α,β-unsaturated/α-hetero) is 1. The molecular formula is C13H24O. The molecule has 1 heteroatoms. The molecule has 0 aliphatic carbocycles. The van der Waals surface area contributed by atoms with Gasteiger partial charge in [0.15, 0.2) is 0 Å². The van der Waals surface area contributed by atoms with Gasteiger partial charge in [-0.3, -0.25) is 4.79 Å². The zero-order valence-electron chi connectivity index (χ0n) is 9.88. The molecule has 0 spiro atoms. The SMILES string of the molecule is C=CCCCCCC(C(C)=O)C(C)C. The fourth-order valence-electron chi connectivity index (χ4n) is 1.84. The molecule has 0 saturated heterocycles. The van der Waals surface area contributed by atoms with Crippen molar-refractivity contribution >= 4 is 5.78 Å². The lowest BCUT2D eigenvalue weighted by Gasteiger charge is -2.17. The Morgan fingerprint density at radius 2 is 1.93 bits per heavy atom. The summed E-state index contributed by atoms with van der Waals surface area (Å²) in [7, 11) is 0. The largest absolute Gasteiger partial charge is 0.300 e. The van der Waals surface area contributed by atoms with Crippen molar-refractivity contribution < 1.29 is 4.79 Å². The number of unbranched alkanes of at least 4 members (excludes halogenated alkanes) is 3. The van der Waals surface area contributed by atoms with Gasteiger partial charge in [-0.1, -0.05) is 32.8 Å². The highest BCUT2D eigenvalue weighted by Gasteiger charge is 2.17. The molecule has 1 atom stereocenters. The average Bonchev–Trinajstić information content (AvgIpc) is 2.09. The number of hydrogen-bond donors (Lipinski definition) is 0. The molecule has 1 nitrogen and oxygen atoms in total. The van der Waals surface area contributed by atoms with Crippen LogP contribution in [-0.2, 0) is 4.79 Å². The Labute approximate surface area is 88.6 Å². The smallest absolute Gasteiger partial charge is 0.133 e. The Kier molecular flexibility index (Phi) is 7.45. The lowest BCUT2D eigenvalue weighted by molar-refractivity contribution is -0.122. The summed E-state index contributed by atoms with van der Waals surface area (Å²) in [5.74, 6) is 1.12. The Balaban J connectivity index is 3.62. The van der Waals surface area contributed by atoms with Gasteiger partial charge in [0.1, 0.15) is 5.78 Å². The first-order chi connectivity index (χ1) is 6.59. The molecule has 0 heterocycles. The number of carbonyl (C=O) groups is 1. The van der Waals surface area contributed by atoms with Gasteiger partial charge >= 0.3 is 0 Å². The molecule has 1 unspecified atom stereocenters. The highest BCUT2D eigenvalue weighted by molar-refractivity contribution is 5.78. The molecule has 0 aromatic rings. The standard InChI is InChI=1S/C13H24O/c1-5-6-7-8-9-10-13(11(2)3)12(4)14/h5,11,13H,1,6-10H2,2-4H3. The van der Waals surface area contributed by atoms with Crippen LogP contribution in [0.25, 0.3) is 0 Å². The van der Waals surface area contributed by atoms with E-state index in [1.165, 1.54) is 19.3 Å². The van der Waals surface area contributed by atoms with E-state index in [0.717, 1.165) is 12.8 Å². The van der Waals surface area contributed by atoms with Crippen molar-refractivity contribution in [2.75, 3.05) is 0 Å². The van der Waals surface area contributed by atoms with Gasteiger partial charge in [-0.05, 0) is 32.1 Å². The van der Waals surface area contributed by atoms with E-state index in [1.807, 2.05) is 6.08 Å². The van der Waals surface area contributed by atoms with Crippen LogP contribution in [0.4, 0.5) is 0 Å². The number of hydrogen-bond acceptors (Lipinski definition) is 1. The van der Waals surface area contributed by atoms with Gasteiger partial charge in [-0.15, -0.1) is 6.58 Å². The van der Waals surface area contributed by atoms with Crippen LogP contribution < -0.4 is 0 Å². The lowest BCUT2D eigenvalue weighted by atomic mass is 9.87. The van der Waals surface area contributed by atoms with Crippen molar-refractivity contribution in [1.29, 1.82) is 0 Å². The van der Waals surface area contributed by atoms with Gasteiger partial charge < -0.3 is 0 Å². The molecule has 0 saturated carbocycles. The lowest BCUT2D eigenvalue weighted by Crippen LogP contribution is -2.17. The molecule has 0 aromatic heterocycles. The fraction of sp³-hybridized carbons (Fsp3) is 0.769. The summed E-state index contributed by atoms with van der Waals surface area (Å²) in [6.45, 7) is 9.68. The molecule has 0 aliphatic heterocycles. The van der Waals surface area contributed by atoms with Crippen molar-refractivity contribution in [3.8, 4) is 0 Å². The molecule has 0 radical (unpaired) electrons. The third-order valence-electron chi connectivity index (χ3n) is 2.75. The van der Waals surface area contributed by atoms with Gasteiger partial charge in [-0.2, -0.15) is 0 Å². The van der Waals surface area contributed by atoms with E-state index in [9.17, 15) is 4.79 Å². The monoisotopic (exact) mass is 196 g/mol. The number of rotatable bonds is 8. The molecule has 0 amide bonds. The van der Waals surface area contributed by atoms with E-state index in [2.05, 4.69) is 20.4 Å². The molecule has 0 N–H and O–H groups in total. The van der Waals surface area contributed by atoms with Crippen LogP contribution in [0.15, 0.2) is 12.7 Å². The second-order valence-corrected chi connectivity index (χ2v) is 4.39. The van der Waals surface area contributed by atoms with Gasteiger partial charge in [0.2, 0.25) is 0 Å². The second-order valence-electron chi connectivity index (χ2n) is 4.39. The predicted molar refractivity (Wildman–Crippen MR) is 62.3 cm³/mol. The molecular weight excluding hydrogens is 172 g/mol. The molecule has 0 rings (SSSR count). The quantitative estimate of drug-likeness (QED) is 0.424. The molecule has 82 valence electrons. The van der Waals surface area contributed by atoms with Crippen LogP contribution in [0, 0.1) is 11.8 Å². The van der Waals surface area contributed by atoms with Crippen molar-refractivity contribution in [3.05, 3.63) is 12.7 Å². The highest BCUT2D eigenvalue weighted by atomic mass is 16.1. The zero-order chi connectivity index (χ0) is 11.0. The van der Waals surface area contributed by atoms with Crippen molar-refractivity contribution in [2.45, 2.75) is 52.9 Å². The van der Waals surface area contributed by atoms with Crippen LogP contribution in [0.1, 0.15) is 52.9 Å². The Bertz CT molecular complexity index is 170. The number of ketones is 1. The first-order valence-electron chi connectivity index (χ1n) is 5.71. The Hall–Kier alpha value is -0.590. The first-order valence-corrected chi connectivity index (χ1v) is 5.71. The fourth-order valence-corrected chi connectivity index (χ4v) is 1.84. The Morgan fingerprint density at radius 3 is 2.36 bits per heavy atom. The van der Waals surface area contributed by atoms with Crippen molar-refractivity contribution in [1.82, 2.24) is 0 Å². The summed E-state index contributed by atoms with van der Waals surface area (Å²) in [6.07, 6.45) is 7.74. The van der Waals surface area contributed by atoms with Crippen LogP contribution in [0.3, 0.4) is 0 Å². The number of allylic oxidation sites excluding steroid dienone is 1. The topological polar surface area (TPSA) is 17.1 Å². The molecule has 14 heavy (non-hydrogen) atoms. The normalized spacial score (nSPS) is 12.9. The van der Waals surface area contributed by atoms with Crippen LogP contribution >= 0.6 is 0 Å². The molecule has 0 aromatic carbocycles. The van der Waals surface area contributed by atoms with Crippen molar-refractivity contribution in [2.24, 2.45) is 11.8 Å². The van der Waals surface area contributed by atoms with E-state index in [0.29, 0.717) is 11.7 Å². The third kappa shape index (κ3) is 5.95. The van der Waals surface area contributed by atoms with Crippen LogP contribution in [0.2, 0.25) is 0 Å². The summed E-state index contributed by atoms with van der Waals surface area (Å²) in [5, 5.41) is 0. The maximum Gasteiger partial charge on any atom is 0.133 e. The molecule has 0 bridgehead atoms. The van der Waals surface area contributed by atoms with Gasteiger partial charge in [0.25, 0.3) is 0 Å². The summed E-state index contributed by atoms with van der Waals surface area (Å²) in [5.41, 5.74) is 0. The van der Waals surface area contributed by atoms with Crippen molar-refractivity contribution in [3.63, 3.8) is 0 Å². The third-order valence-corrected chi connectivity index (χ3v) is 2.75.